The maximum atomic E-state index is 13.3. The summed E-state index contributed by atoms with van der Waals surface area (Å²) in [5.74, 6) is -0.434. The molecule has 3 aromatic carbocycles. The molecule has 4 amide bonds. The van der Waals surface area contributed by atoms with E-state index < -0.39 is 29.9 Å². The minimum absolute atomic E-state index is 0.397. The Balaban J connectivity index is 1.57. The minimum atomic E-state index is -1.26. The minimum Gasteiger partial charge on any atom is -0.492 e. The van der Waals surface area contributed by atoms with Gasteiger partial charge >= 0.3 is 6.03 Å². The number of urea groups is 1. The van der Waals surface area contributed by atoms with E-state index in [0.717, 1.165) is 15.7 Å². The van der Waals surface area contributed by atoms with Crippen LogP contribution in [0.5, 0.6) is 5.75 Å². The fourth-order valence-corrected chi connectivity index (χ4v) is 3.87. The number of para-hydroxylation sites is 2. The van der Waals surface area contributed by atoms with Crippen molar-refractivity contribution in [1.82, 2.24) is 10.2 Å². The number of imide groups is 1. The summed E-state index contributed by atoms with van der Waals surface area (Å²) in [6.07, 6.45) is 0. The maximum absolute atomic E-state index is 13.3. The molecule has 0 radical (unpaired) electrons. The first-order chi connectivity index (χ1) is 14.9. The highest BCUT2D eigenvalue weighted by Crippen LogP contribution is 2.34. The van der Waals surface area contributed by atoms with Crippen molar-refractivity contribution in [3.63, 3.8) is 0 Å². The molecule has 158 valence electrons. The van der Waals surface area contributed by atoms with E-state index in [1.807, 2.05) is 49.4 Å². The van der Waals surface area contributed by atoms with E-state index in [2.05, 4.69) is 10.6 Å². The molecule has 1 fully saturated rings. The van der Waals surface area contributed by atoms with E-state index in [0.29, 0.717) is 23.6 Å². The molecule has 7 nitrogen and oxygen atoms in total. The number of carbonyl (C=O) groups is 3. The molecule has 4 rings (SSSR count). The summed E-state index contributed by atoms with van der Waals surface area (Å²) in [5, 5.41) is 7.33. The number of hydrogen-bond acceptors (Lipinski definition) is 4. The number of nitrogens with one attached hydrogen (secondary N) is 2. The molecule has 2 N–H and O–H groups in total. The molecule has 0 saturated carbocycles. The van der Waals surface area contributed by atoms with Crippen molar-refractivity contribution < 1.29 is 19.1 Å². The summed E-state index contributed by atoms with van der Waals surface area (Å²) >= 11 is 0. The van der Waals surface area contributed by atoms with E-state index in [1.165, 1.54) is 0 Å². The van der Waals surface area contributed by atoms with Crippen molar-refractivity contribution in [3.05, 3.63) is 72.3 Å². The van der Waals surface area contributed by atoms with Crippen LogP contribution in [-0.4, -0.2) is 35.9 Å². The number of fused-ring (bicyclic) bond motifs is 1. The van der Waals surface area contributed by atoms with Crippen LogP contribution in [-0.2, 0) is 15.1 Å². The van der Waals surface area contributed by atoms with Gasteiger partial charge in [0.2, 0.25) is 5.91 Å². The van der Waals surface area contributed by atoms with Gasteiger partial charge in [0.15, 0.2) is 0 Å². The van der Waals surface area contributed by atoms with Crippen LogP contribution in [0.4, 0.5) is 10.5 Å². The van der Waals surface area contributed by atoms with Gasteiger partial charge in [-0.3, -0.25) is 14.5 Å². The van der Waals surface area contributed by atoms with Gasteiger partial charge in [-0.25, -0.2) is 4.79 Å². The van der Waals surface area contributed by atoms with Crippen molar-refractivity contribution in [1.29, 1.82) is 0 Å². The molecule has 1 aliphatic rings. The molecule has 1 heterocycles. The fourth-order valence-electron chi connectivity index (χ4n) is 3.87. The second kappa shape index (κ2) is 8.10. The molecule has 7 heteroatoms. The lowest BCUT2D eigenvalue weighted by molar-refractivity contribution is -0.133. The average Bonchev–Trinajstić information content (AvgIpc) is 2.98. The third-order valence-corrected chi connectivity index (χ3v) is 5.37. The molecule has 0 unspecified atom stereocenters. The van der Waals surface area contributed by atoms with E-state index in [4.69, 9.17) is 4.74 Å². The van der Waals surface area contributed by atoms with Crippen molar-refractivity contribution in [2.24, 2.45) is 0 Å². The Labute approximate surface area is 180 Å². The van der Waals surface area contributed by atoms with Gasteiger partial charge in [0.25, 0.3) is 5.91 Å². The van der Waals surface area contributed by atoms with Crippen LogP contribution in [0.15, 0.2) is 66.7 Å². The number of amides is 4. The van der Waals surface area contributed by atoms with Gasteiger partial charge in [0.05, 0.1) is 12.3 Å². The lowest BCUT2D eigenvalue weighted by Gasteiger charge is -2.24. The van der Waals surface area contributed by atoms with Gasteiger partial charge in [0, 0.05) is 0 Å². The van der Waals surface area contributed by atoms with E-state index in [-0.39, 0.29) is 0 Å². The zero-order valence-corrected chi connectivity index (χ0v) is 17.3. The lowest BCUT2D eigenvalue weighted by atomic mass is 9.88. The Morgan fingerprint density at radius 2 is 1.74 bits per heavy atom. The van der Waals surface area contributed by atoms with Crippen LogP contribution in [0.1, 0.15) is 19.4 Å². The molecular weight excluding hydrogens is 394 g/mol. The molecule has 0 spiro atoms. The van der Waals surface area contributed by atoms with Gasteiger partial charge < -0.3 is 15.4 Å². The first-order valence-corrected chi connectivity index (χ1v) is 10.1. The molecule has 0 aliphatic carbocycles. The maximum Gasteiger partial charge on any atom is 0.325 e. The topological polar surface area (TPSA) is 87.7 Å². The normalized spacial score (nSPS) is 18.2. The first-order valence-electron chi connectivity index (χ1n) is 10.1. The average molecular weight is 417 g/mol. The molecule has 0 bridgehead atoms. The monoisotopic (exact) mass is 417 g/mol. The summed E-state index contributed by atoms with van der Waals surface area (Å²) < 4.78 is 5.51. The molecule has 1 atom stereocenters. The molecular formula is C24H23N3O4. The molecule has 1 aliphatic heterocycles. The second-order valence-corrected chi connectivity index (χ2v) is 7.45. The summed E-state index contributed by atoms with van der Waals surface area (Å²) in [6.45, 7) is 3.56. The molecule has 31 heavy (non-hydrogen) atoms. The Hall–Kier alpha value is -3.87. The Bertz CT molecular complexity index is 1170. The highest BCUT2D eigenvalue weighted by Gasteiger charge is 2.50. The number of carbonyl (C=O) groups excluding carboxylic acids is 3. The van der Waals surface area contributed by atoms with Crippen molar-refractivity contribution >= 4 is 34.3 Å². The number of ether oxygens (including phenoxy) is 1. The second-order valence-electron chi connectivity index (χ2n) is 7.45. The van der Waals surface area contributed by atoms with Crippen LogP contribution < -0.4 is 15.4 Å². The van der Waals surface area contributed by atoms with E-state index >= 15 is 0 Å². The number of rotatable bonds is 6. The van der Waals surface area contributed by atoms with Crippen molar-refractivity contribution in [3.8, 4) is 5.75 Å². The van der Waals surface area contributed by atoms with Crippen LogP contribution in [0.3, 0.4) is 0 Å². The van der Waals surface area contributed by atoms with E-state index in [9.17, 15) is 14.4 Å². The largest absolute Gasteiger partial charge is 0.492 e. The van der Waals surface area contributed by atoms with Gasteiger partial charge in [0.1, 0.15) is 17.8 Å². The van der Waals surface area contributed by atoms with E-state index in [1.54, 1.807) is 31.2 Å². The molecule has 3 aromatic rings. The third-order valence-electron chi connectivity index (χ3n) is 5.37. The Morgan fingerprint density at radius 3 is 2.55 bits per heavy atom. The molecule has 0 aromatic heterocycles. The predicted molar refractivity (Wildman–Crippen MR) is 118 cm³/mol. The number of hydrogen-bond donors (Lipinski definition) is 2. The summed E-state index contributed by atoms with van der Waals surface area (Å²) in [6, 6.07) is 19.7. The van der Waals surface area contributed by atoms with Gasteiger partial charge in [-0.05, 0) is 42.3 Å². The lowest BCUT2D eigenvalue weighted by Crippen LogP contribution is -2.42. The first kappa shape index (κ1) is 20.4. The quantitative estimate of drug-likeness (QED) is 0.600. The number of nitrogens with zero attached hydrogens (tertiary/aromatic N) is 1. The third kappa shape index (κ3) is 3.70. The van der Waals surface area contributed by atoms with Crippen molar-refractivity contribution in [2.75, 3.05) is 18.5 Å². The smallest absolute Gasteiger partial charge is 0.325 e. The van der Waals surface area contributed by atoms with Crippen LogP contribution in [0, 0.1) is 0 Å². The zero-order chi connectivity index (χ0) is 22.0. The molecule has 1 saturated heterocycles. The standard InChI is InChI=1S/C24H23N3O4/c1-3-31-20-14-7-6-13-19(20)25-21(28)15-27-22(29)24(2,26-23(27)30)18-12-8-10-16-9-4-5-11-17(16)18/h4-14H,3,15H2,1-2H3,(H,25,28)(H,26,30)/t24-/m0/s1. The highest BCUT2D eigenvalue weighted by molar-refractivity contribution is 6.11. The number of anilines is 1. The summed E-state index contributed by atoms with van der Waals surface area (Å²) in [7, 11) is 0. The SMILES string of the molecule is CCOc1ccccc1NC(=O)CN1C(=O)N[C@@](C)(c2cccc3ccccc23)C1=O. The number of benzene rings is 3. The predicted octanol–water partition coefficient (Wildman–Crippen LogP) is 3.64. The van der Waals surface area contributed by atoms with Crippen molar-refractivity contribution in [2.45, 2.75) is 19.4 Å². The highest BCUT2D eigenvalue weighted by atomic mass is 16.5. The van der Waals surface area contributed by atoms with Crippen LogP contribution in [0.2, 0.25) is 0 Å². The van der Waals surface area contributed by atoms with Gasteiger partial charge in [-0.1, -0.05) is 54.6 Å². The van der Waals surface area contributed by atoms with Gasteiger partial charge in [-0.2, -0.15) is 0 Å². The Kier molecular flexibility index (Phi) is 5.33. The zero-order valence-electron chi connectivity index (χ0n) is 17.3. The summed E-state index contributed by atoms with van der Waals surface area (Å²) in [4.78, 5) is 39.5. The fraction of sp³-hybridized carbons (Fsp3) is 0.208. The van der Waals surface area contributed by atoms with Gasteiger partial charge in [-0.15, -0.1) is 0 Å². The Morgan fingerprint density at radius 1 is 1.03 bits per heavy atom. The van der Waals surface area contributed by atoms with Crippen LogP contribution in [0.25, 0.3) is 10.8 Å². The summed E-state index contributed by atoms with van der Waals surface area (Å²) in [5.41, 5.74) is -0.0895. The van der Waals surface area contributed by atoms with Crippen LogP contribution >= 0.6 is 0 Å².